The molecule has 0 N–H and O–H groups in total. The Balaban J connectivity index is 2.75. The molecule has 0 aromatic heterocycles. The third-order valence-corrected chi connectivity index (χ3v) is 8.30. The van der Waals surface area contributed by atoms with Gasteiger partial charge >= 0.3 is 0 Å². The Morgan fingerprint density at radius 1 is 0.423 bits per heavy atom. The summed E-state index contributed by atoms with van der Waals surface area (Å²) in [4.78, 5) is 0. The van der Waals surface area contributed by atoms with Crippen LogP contribution in [-0.2, 0) is 0 Å². The molecule has 0 nitrogen and oxygen atoms in total. The van der Waals surface area contributed by atoms with Crippen molar-refractivity contribution in [3.63, 3.8) is 0 Å². The fourth-order valence-corrected chi connectivity index (χ4v) is 7.22. The molecule has 0 aliphatic heterocycles. The summed E-state index contributed by atoms with van der Waals surface area (Å²) in [7, 11) is 0. The summed E-state index contributed by atoms with van der Waals surface area (Å²) in [5.74, 6) is 5.96. The highest BCUT2D eigenvalue weighted by atomic mass is 14.6. The first-order valence-electron chi connectivity index (χ1n) is 10.5. The van der Waals surface area contributed by atoms with E-state index in [-0.39, 0.29) is 0 Å². The van der Waals surface area contributed by atoms with Gasteiger partial charge in [-0.3, -0.25) is 0 Å². The zero-order chi connectivity index (χ0) is 20.1. The van der Waals surface area contributed by atoms with Gasteiger partial charge in [-0.25, -0.2) is 0 Å². The average Bonchev–Trinajstić information content (AvgIpc) is 2.49. The predicted molar refractivity (Wildman–Crippen MR) is 117 cm³/mol. The van der Waals surface area contributed by atoms with Crippen molar-refractivity contribution in [2.24, 2.45) is 59.2 Å². The molecule has 2 aliphatic rings. The second kappa shape index (κ2) is 7.53. The summed E-state index contributed by atoms with van der Waals surface area (Å²) in [6.07, 6.45) is 0. The van der Waals surface area contributed by atoms with Gasteiger partial charge in [-0.1, -0.05) is 76.3 Å². The Labute approximate surface area is 163 Å². The molecule has 0 aromatic carbocycles. The molecule has 0 heterocycles. The summed E-state index contributed by atoms with van der Waals surface area (Å²) >= 11 is 0. The molecule has 0 saturated heterocycles. The minimum atomic E-state index is 0.559. The summed E-state index contributed by atoms with van der Waals surface area (Å²) in [5.41, 5.74) is 5.42. The largest absolute Gasteiger partial charge is 0.0998 e. The first-order chi connectivity index (χ1) is 11.9. The topological polar surface area (TPSA) is 0 Å². The molecule has 0 heteroatoms. The third-order valence-electron chi connectivity index (χ3n) is 8.30. The lowest BCUT2D eigenvalue weighted by atomic mass is 9.42. The van der Waals surface area contributed by atoms with Crippen molar-refractivity contribution >= 4 is 0 Å². The van der Waals surface area contributed by atoms with Crippen molar-refractivity contribution in [3.05, 3.63) is 48.6 Å². The Kier molecular flexibility index (Phi) is 6.16. The molecule has 0 spiro atoms. The minimum absolute atomic E-state index is 0.559. The molecule has 0 aromatic rings. The van der Waals surface area contributed by atoms with Crippen molar-refractivity contribution in [1.82, 2.24) is 0 Å². The Morgan fingerprint density at radius 2 is 0.577 bits per heavy atom. The maximum absolute atomic E-state index is 4.46. The number of fused-ring (bicyclic) bond motifs is 1. The van der Waals surface area contributed by atoms with E-state index in [1.807, 2.05) is 0 Å². The van der Waals surface area contributed by atoms with E-state index >= 15 is 0 Å². The lowest BCUT2D eigenvalue weighted by Gasteiger charge is -2.62. The van der Waals surface area contributed by atoms with E-state index in [0.717, 1.165) is 0 Å². The van der Waals surface area contributed by atoms with Crippen LogP contribution in [0.2, 0.25) is 0 Å². The summed E-state index contributed by atoms with van der Waals surface area (Å²) in [5, 5.41) is 0. The highest BCUT2D eigenvalue weighted by Gasteiger charge is 2.57. The van der Waals surface area contributed by atoms with Crippen LogP contribution in [0.1, 0.15) is 55.4 Å². The molecule has 146 valence electrons. The van der Waals surface area contributed by atoms with Crippen molar-refractivity contribution in [1.29, 1.82) is 0 Å². The van der Waals surface area contributed by atoms with Gasteiger partial charge in [0.05, 0.1) is 0 Å². The van der Waals surface area contributed by atoms with Gasteiger partial charge in [-0.2, -0.15) is 0 Å². The van der Waals surface area contributed by atoms with Crippen LogP contribution in [0.3, 0.4) is 0 Å². The highest BCUT2D eigenvalue weighted by molar-refractivity contribution is 5.24. The van der Waals surface area contributed by atoms with Crippen molar-refractivity contribution in [2.45, 2.75) is 55.4 Å². The van der Waals surface area contributed by atoms with E-state index in [2.05, 4.69) is 81.7 Å². The van der Waals surface area contributed by atoms with Crippen LogP contribution < -0.4 is 0 Å². The van der Waals surface area contributed by atoms with E-state index in [0.29, 0.717) is 59.2 Å². The standard InChI is InChI=1S/C26H42/c1-13(2)21-17(9)18(10)23(15(5)6)26-24(16(7)8)20(12)19(11)22(14(3)4)25(21)26/h17-26H,1,3,5,7H2,2,4,6,8-12H3. The van der Waals surface area contributed by atoms with Crippen LogP contribution in [0.15, 0.2) is 48.6 Å². The molecule has 2 fully saturated rings. The fourth-order valence-electron chi connectivity index (χ4n) is 7.22. The van der Waals surface area contributed by atoms with E-state index in [9.17, 15) is 0 Å². The second-order valence-electron chi connectivity index (χ2n) is 10.1. The van der Waals surface area contributed by atoms with E-state index in [4.69, 9.17) is 0 Å². The number of rotatable bonds is 4. The molecule has 8 atom stereocenters. The maximum atomic E-state index is 4.46. The van der Waals surface area contributed by atoms with E-state index in [1.165, 1.54) is 22.3 Å². The maximum Gasteiger partial charge on any atom is -0.0143 e. The first kappa shape index (κ1) is 21.3. The number of allylic oxidation sites excluding steroid dienone is 4. The summed E-state index contributed by atoms with van der Waals surface area (Å²) in [6, 6.07) is 0. The van der Waals surface area contributed by atoms with Crippen LogP contribution in [0.25, 0.3) is 0 Å². The Hall–Kier alpha value is -1.04. The van der Waals surface area contributed by atoms with Crippen LogP contribution in [0, 0.1) is 59.2 Å². The second-order valence-corrected chi connectivity index (χ2v) is 10.1. The fraction of sp³-hybridized carbons (Fsp3) is 0.692. The van der Waals surface area contributed by atoms with Gasteiger partial charge in [0.25, 0.3) is 0 Å². The Morgan fingerprint density at radius 3 is 0.692 bits per heavy atom. The lowest BCUT2D eigenvalue weighted by molar-refractivity contribution is -0.0864. The first-order valence-corrected chi connectivity index (χ1v) is 10.5. The molecule has 2 aliphatic carbocycles. The van der Waals surface area contributed by atoms with Gasteiger partial charge in [-0.05, 0) is 86.9 Å². The monoisotopic (exact) mass is 354 g/mol. The van der Waals surface area contributed by atoms with Crippen LogP contribution >= 0.6 is 0 Å². The van der Waals surface area contributed by atoms with E-state index < -0.39 is 0 Å². The average molecular weight is 355 g/mol. The molecule has 2 rings (SSSR count). The molecule has 0 bridgehead atoms. The molecule has 0 amide bonds. The molecular formula is C26H42. The lowest BCUT2D eigenvalue weighted by Crippen LogP contribution is -2.57. The summed E-state index contributed by atoms with van der Waals surface area (Å²) < 4.78 is 0. The van der Waals surface area contributed by atoms with Gasteiger partial charge in [-0.15, -0.1) is 0 Å². The SMILES string of the molecule is C=C(C)C1C(C)C(C)C(C(=C)C)C2C(C(=C)C)C(C)C(C)C(C(=C)C)C12. The van der Waals surface area contributed by atoms with Gasteiger partial charge in [0.2, 0.25) is 0 Å². The quantitative estimate of drug-likeness (QED) is 0.457. The van der Waals surface area contributed by atoms with Gasteiger partial charge in [0, 0.05) is 0 Å². The molecular weight excluding hydrogens is 312 g/mol. The highest BCUT2D eigenvalue weighted by Crippen LogP contribution is 2.63. The van der Waals surface area contributed by atoms with E-state index in [1.54, 1.807) is 0 Å². The van der Waals surface area contributed by atoms with Gasteiger partial charge in [0.1, 0.15) is 0 Å². The van der Waals surface area contributed by atoms with Crippen molar-refractivity contribution in [3.8, 4) is 0 Å². The summed E-state index contributed by atoms with van der Waals surface area (Å²) in [6.45, 7) is 36.6. The number of hydrogen-bond acceptors (Lipinski definition) is 0. The molecule has 26 heavy (non-hydrogen) atoms. The predicted octanol–water partition coefficient (Wildman–Crippen LogP) is 7.56. The number of hydrogen-bond donors (Lipinski definition) is 0. The normalized spacial score (nSPS) is 45.5. The zero-order valence-electron chi connectivity index (χ0n) is 18.6. The smallest absolute Gasteiger partial charge is 0.0143 e. The molecule has 2 saturated carbocycles. The van der Waals surface area contributed by atoms with Crippen molar-refractivity contribution < 1.29 is 0 Å². The van der Waals surface area contributed by atoms with Crippen molar-refractivity contribution in [2.75, 3.05) is 0 Å². The van der Waals surface area contributed by atoms with Gasteiger partial charge in [0.15, 0.2) is 0 Å². The molecule has 0 radical (unpaired) electrons. The van der Waals surface area contributed by atoms with Gasteiger partial charge < -0.3 is 0 Å². The van der Waals surface area contributed by atoms with Crippen LogP contribution in [0.5, 0.6) is 0 Å². The Bertz CT molecular complexity index is 500. The third kappa shape index (κ3) is 3.19. The zero-order valence-corrected chi connectivity index (χ0v) is 18.6. The molecule has 8 unspecified atom stereocenters. The van der Waals surface area contributed by atoms with Crippen LogP contribution in [0.4, 0.5) is 0 Å². The van der Waals surface area contributed by atoms with Crippen LogP contribution in [-0.4, -0.2) is 0 Å². The minimum Gasteiger partial charge on any atom is -0.0998 e.